The molecule has 4 nitrogen and oxygen atoms in total. The van der Waals surface area contributed by atoms with Crippen LogP contribution in [0.2, 0.25) is 0 Å². The van der Waals surface area contributed by atoms with Crippen molar-refractivity contribution in [1.82, 2.24) is 9.97 Å². The van der Waals surface area contributed by atoms with Gasteiger partial charge in [0.05, 0.1) is 0 Å². The number of aromatic nitrogens is 2. The number of anilines is 2. The van der Waals surface area contributed by atoms with Crippen LogP contribution in [0.4, 0.5) is 11.8 Å². The highest BCUT2D eigenvalue weighted by molar-refractivity contribution is 6.20. The maximum Gasteiger partial charge on any atom is 0.226 e. The van der Waals surface area contributed by atoms with Gasteiger partial charge in [-0.25, -0.2) is 4.98 Å². The van der Waals surface area contributed by atoms with Crippen LogP contribution >= 0.6 is 11.6 Å². The van der Waals surface area contributed by atoms with Gasteiger partial charge in [-0.05, 0) is 31.7 Å². The molecule has 0 aromatic carbocycles. The van der Waals surface area contributed by atoms with Crippen LogP contribution in [0.1, 0.15) is 25.7 Å². The molecule has 2 fully saturated rings. The second-order valence-electron chi connectivity index (χ2n) is 5.47. The first-order valence-corrected chi connectivity index (χ1v) is 7.01. The number of rotatable bonds is 2. The Morgan fingerprint density at radius 2 is 1.94 bits per heavy atom. The van der Waals surface area contributed by atoms with Gasteiger partial charge in [-0.2, -0.15) is 4.98 Å². The average Bonchev–Trinajstić information content (AvgIpc) is 2.62. The SMILES string of the molecule is CN(C)c1nccc(N2C3CCC2CC(Cl)C3)n1. The number of piperidine rings is 1. The Labute approximate surface area is 113 Å². The number of hydrogen-bond donors (Lipinski definition) is 0. The van der Waals surface area contributed by atoms with Gasteiger partial charge >= 0.3 is 0 Å². The van der Waals surface area contributed by atoms with Crippen molar-refractivity contribution in [2.24, 2.45) is 0 Å². The van der Waals surface area contributed by atoms with E-state index >= 15 is 0 Å². The van der Waals surface area contributed by atoms with Crippen LogP contribution in [0.3, 0.4) is 0 Å². The molecule has 1 aromatic heterocycles. The second kappa shape index (κ2) is 4.57. The zero-order valence-electron chi connectivity index (χ0n) is 10.9. The molecule has 3 rings (SSSR count). The fraction of sp³-hybridized carbons (Fsp3) is 0.692. The third-order valence-electron chi connectivity index (χ3n) is 3.97. The minimum Gasteiger partial charge on any atom is -0.350 e. The average molecular weight is 267 g/mol. The first kappa shape index (κ1) is 12.0. The predicted molar refractivity (Wildman–Crippen MR) is 74.5 cm³/mol. The van der Waals surface area contributed by atoms with E-state index in [0.29, 0.717) is 17.5 Å². The van der Waals surface area contributed by atoms with Crippen molar-refractivity contribution in [3.8, 4) is 0 Å². The van der Waals surface area contributed by atoms with Crippen molar-refractivity contribution in [1.29, 1.82) is 0 Å². The molecule has 3 heterocycles. The first-order chi connectivity index (χ1) is 8.65. The molecule has 2 atom stereocenters. The van der Waals surface area contributed by atoms with Gasteiger partial charge in [0.1, 0.15) is 5.82 Å². The molecule has 18 heavy (non-hydrogen) atoms. The van der Waals surface area contributed by atoms with Crippen molar-refractivity contribution in [2.75, 3.05) is 23.9 Å². The van der Waals surface area contributed by atoms with Crippen molar-refractivity contribution in [3.63, 3.8) is 0 Å². The standard InChI is InChI=1S/C13H19ClN4/c1-17(2)13-15-6-5-12(16-13)18-10-3-4-11(18)8-9(14)7-10/h5-6,9-11H,3-4,7-8H2,1-2H3. The first-order valence-electron chi connectivity index (χ1n) is 6.58. The second-order valence-corrected chi connectivity index (χ2v) is 6.09. The van der Waals surface area contributed by atoms with Crippen molar-refractivity contribution < 1.29 is 0 Å². The summed E-state index contributed by atoms with van der Waals surface area (Å²) < 4.78 is 0. The molecule has 0 radical (unpaired) electrons. The van der Waals surface area contributed by atoms with E-state index in [1.807, 2.05) is 31.3 Å². The molecule has 0 spiro atoms. The smallest absolute Gasteiger partial charge is 0.226 e. The largest absolute Gasteiger partial charge is 0.350 e. The summed E-state index contributed by atoms with van der Waals surface area (Å²) in [5, 5.41) is 0.342. The van der Waals surface area contributed by atoms with Crippen LogP contribution < -0.4 is 9.80 Å². The van der Waals surface area contributed by atoms with Crippen LogP contribution in [0.25, 0.3) is 0 Å². The molecule has 2 aliphatic rings. The molecule has 0 saturated carbocycles. The summed E-state index contributed by atoms with van der Waals surface area (Å²) in [4.78, 5) is 13.4. The lowest BCUT2D eigenvalue weighted by atomic mass is 10.0. The third-order valence-corrected chi connectivity index (χ3v) is 4.32. The summed E-state index contributed by atoms with van der Waals surface area (Å²) in [6.45, 7) is 0. The molecule has 2 bridgehead atoms. The van der Waals surface area contributed by atoms with Gasteiger partial charge in [0.25, 0.3) is 0 Å². The van der Waals surface area contributed by atoms with E-state index in [1.165, 1.54) is 12.8 Å². The van der Waals surface area contributed by atoms with Gasteiger partial charge in [0.2, 0.25) is 5.95 Å². The molecule has 98 valence electrons. The van der Waals surface area contributed by atoms with E-state index in [9.17, 15) is 0 Å². The molecule has 2 saturated heterocycles. The Bertz CT molecular complexity index is 423. The molecular formula is C13H19ClN4. The summed E-state index contributed by atoms with van der Waals surface area (Å²) >= 11 is 6.31. The Kier molecular flexibility index (Phi) is 3.06. The summed E-state index contributed by atoms with van der Waals surface area (Å²) in [5.41, 5.74) is 0. The van der Waals surface area contributed by atoms with E-state index in [1.54, 1.807) is 0 Å². The van der Waals surface area contributed by atoms with Crippen molar-refractivity contribution in [3.05, 3.63) is 12.3 Å². The molecule has 0 aliphatic carbocycles. The van der Waals surface area contributed by atoms with E-state index < -0.39 is 0 Å². The Morgan fingerprint density at radius 1 is 1.28 bits per heavy atom. The molecular weight excluding hydrogens is 248 g/mol. The summed E-state index contributed by atoms with van der Waals surface area (Å²) in [5.74, 6) is 1.84. The monoisotopic (exact) mass is 266 g/mol. The van der Waals surface area contributed by atoms with Gasteiger partial charge in [0, 0.05) is 37.8 Å². The van der Waals surface area contributed by atoms with E-state index in [-0.39, 0.29) is 0 Å². The summed E-state index contributed by atoms with van der Waals surface area (Å²) in [6, 6.07) is 3.15. The lowest BCUT2D eigenvalue weighted by molar-refractivity contribution is 0.470. The fourth-order valence-corrected chi connectivity index (χ4v) is 3.59. The molecule has 2 unspecified atom stereocenters. The van der Waals surface area contributed by atoms with Gasteiger partial charge < -0.3 is 9.80 Å². The van der Waals surface area contributed by atoms with Crippen molar-refractivity contribution >= 4 is 23.4 Å². The van der Waals surface area contributed by atoms with Gasteiger partial charge in [0.15, 0.2) is 0 Å². The van der Waals surface area contributed by atoms with Crippen LogP contribution in [-0.4, -0.2) is 41.5 Å². The molecule has 0 amide bonds. The number of nitrogens with zero attached hydrogens (tertiary/aromatic N) is 4. The number of halogens is 1. The molecule has 1 aromatic rings. The predicted octanol–water partition coefficient (Wildman–Crippen LogP) is 2.28. The van der Waals surface area contributed by atoms with Crippen LogP contribution in [0.5, 0.6) is 0 Å². The number of hydrogen-bond acceptors (Lipinski definition) is 4. The normalized spacial score (nSPS) is 30.6. The van der Waals surface area contributed by atoms with Crippen molar-refractivity contribution in [2.45, 2.75) is 43.1 Å². The molecule has 0 N–H and O–H groups in total. The highest BCUT2D eigenvalue weighted by atomic mass is 35.5. The zero-order valence-corrected chi connectivity index (χ0v) is 11.6. The highest BCUT2D eigenvalue weighted by Gasteiger charge is 2.40. The molecule has 2 aliphatic heterocycles. The Morgan fingerprint density at radius 3 is 2.56 bits per heavy atom. The fourth-order valence-electron chi connectivity index (χ4n) is 3.18. The number of fused-ring (bicyclic) bond motifs is 2. The van der Waals surface area contributed by atoms with E-state index in [2.05, 4.69) is 14.9 Å². The minimum atomic E-state index is 0.342. The topological polar surface area (TPSA) is 32.3 Å². The van der Waals surface area contributed by atoms with E-state index in [0.717, 1.165) is 24.6 Å². The Hall–Kier alpha value is -1.03. The summed E-state index contributed by atoms with van der Waals surface area (Å²) in [7, 11) is 3.94. The van der Waals surface area contributed by atoms with Gasteiger partial charge in [-0.15, -0.1) is 11.6 Å². The summed E-state index contributed by atoms with van der Waals surface area (Å²) in [6.07, 6.45) is 6.51. The quantitative estimate of drug-likeness (QED) is 0.769. The lowest BCUT2D eigenvalue weighted by Crippen LogP contribution is -2.44. The third kappa shape index (κ3) is 2.03. The lowest BCUT2D eigenvalue weighted by Gasteiger charge is -2.38. The minimum absolute atomic E-state index is 0.342. The van der Waals surface area contributed by atoms with Crippen LogP contribution in [0.15, 0.2) is 12.3 Å². The highest BCUT2D eigenvalue weighted by Crippen LogP contribution is 2.40. The zero-order chi connectivity index (χ0) is 12.7. The van der Waals surface area contributed by atoms with Gasteiger partial charge in [-0.3, -0.25) is 0 Å². The number of alkyl halides is 1. The maximum atomic E-state index is 6.31. The molecule has 5 heteroatoms. The van der Waals surface area contributed by atoms with Crippen LogP contribution in [-0.2, 0) is 0 Å². The maximum absolute atomic E-state index is 6.31. The van der Waals surface area contributed by atoms with E-state index in [4.69, 9.17) is 11.6 Å². The Balaban J connectivity index is 1.89. The van der Waals surface area contributed by atoms with Crippen LogP contribution in [0, 0.1) is 0 Å². The van der Waals surface area contributed by atoms with Gasteiger partial charge in [-0.1, -0.05) is 0 Å².